The average molecular weight is 366 g/mol. The van der Waals surface area contributed by atoms with E-state index in [-0.39, 0.29) is 5.69 Å². The van der Waals surface area contributed by atoms with Crippen molar-refractivity contribution in [1.82, 2.24) is 4.98 Å². The van der Waals surface area contributed by atoms with Crippen molar-refractivity contribution >= 4 is 27.0 Å². The molecule has 0 aliphatic carbocycles. The first-order chi connectivity index (χ1) is 11.4. The fourth-order valence-electron chi connectivity index (χ4n) is 2.18. The van der Waals surface area contributed by atoms with Crippen LogP contribution in [0.25, 0.3) is 11.3 Å². The van der Waals surface area contributed by atoms with Crippen LogP contribution in [0.4, 0.5) is 14.5 Å². The van der Waals surface area contributed by atoms with Gasteiger partial charge in [0.1, 0.15) is 16.5 Å². The molecule has 1 N–H and O–H groups in total. The number of thiazole rings is 1. The van der Waals surface area contributed by atoms with E-state index in [2.05, 4.69) is 9.71 Å². The predicted octanol–water partition coefficient (Wildman–Crippen LogP) is 4.20. The zero-order valence-electron chi connectivity index (χ0n) is 12.5. The van der Waals surface area contributed by atoms with Crippen LogP contribution < -0.4 is 4.72 Å². The number of para-hydroxylation sites is 1. The highest BCUT2D eigenvalue weighted by molar-refractivity contribution is 7.92. The first-order valence-electron chi connectivity index (χ1n) is 6.86. The Bertz CT molecular complexity index is 1000. The fraction of sp³-hybridized carbons (Fsp3) is 0.0625. The van der Waals surface area contributed by atoms with Gasteiger partial charge in [-0.3, -0.25) is 4.72 Å². The third-order valence-corrected chi connectivity index (χ3v) is 5.42. The smallest absolute Gasteiger partial charge is 0.264 e. The molecule has 0 radical (unpaired) electrons. The molecular formula is C16H12F2N2O2S2. The molecule has 0 saturated carbocycles. The van der Waals surface area contributed by atoms with Gasteiger partial charge in [-0.15, -0.1) is 11.3 Å². The van der Waals surface area contributed by atoms with Crippen LogP contribution in [-0.2, 0) is 10.0 Å². The maximum absolute atomic E-state index is 13.8. The zero-order valence-corrected chi connectivity index (χ0v) is 14.1. The Morgan fingerprint density at radius 2 is 1.88 bits per heavy atom. The van der Waals surface area contributed by atoms with Crippen molar-refractivity contribution in [2.75, 3.05) is 4.72 Å². The van der Waals surface area contributed by atoms with Crippen molar-refractivity contribution in [2.24, 2.45) is 0 Å². The number of aromatic nitrogens is 1. The molecule has 0 atom stereocenters. The van der Waals surface area contributed by atoms with Crippen molar-refractivity contribution in [1.29, 1.82) is 0 Å². The van der Waals surface area contributed by atoms with E-state index in [1.54, 1.807) is 29.6 Å². The van der Waals surface area contributed by atoms with Crippen LogP contribution in [0.3, 0.4) is 0 Å². The van der Waals surface area contributed by atoms with Gasteiger partial charge in [-0.1, -0.05) is 18.2 Å². The summed E-state index contributed by atoms with van der Waals surface area (Å²) in [5, 5.41) is 2.65. The van der Waals surface area contributed by atoms with E-state index < -0.39 is 26.6 Å². The van der Waals surface area contributed by atoms with Gasteiger partial charge in [0.25, 0.3) is 10.0 Å². The summed E-state index contributed by atoms with van der Waals surface area (Å²) in [4.78, 5) is 3.72. The molecule has 1 heterocycles. The number of anilines is 1. The average Bonchev–Trinajstić information content (AvgIpc) is 2.93. The summed E-state index contributed by atoms with van der Waals surface area (Å²) in [6, 6.07) is 9.00. The first kappa shape index (κ1) is 16.5. The second kappa shape index (κ2) is 6.29. The molecule has 0 bridgehead atoms. The highest BCUT2D eigenvalue weighted by Gasteiger charge is 2.21. The topological polar surface area (TPSA) is 59.1 Å². The Morgan fingerprint density at radius 3 is 2.54 bits per heavy atom. The third kappa shape index (κ3) is 3.29. The summed E-state index contributed by atoms with van der Waals surface area (Å²) in [5.74, 6) is -1.99. The molecule has 8 heteroatoms. The van der Waals surface area contributed by atoms with Crippen molar-refractivity contribution in [3.63, 3.8) is 0 Å². The minimum absolute atomic E-state index is 0.270. The maximum atomic E-state index is 13.8. The number of nitrogens with one attached hydrogen (secondary N) is 1. The lowest BCUT2D eigenvalue weighted by molar-refractivity contribution is 0.551. The molecular weight excluding hydrogens is 354 g/mol. The Balaban J connectivity index is 2.02. The molecule has 4 nitrogen and oxygen atoms in total. The van der Waals surface area contributed by atoms with Gasteiger partial charge in [0.2, 0.25) is 0 Å². The summed E-state index contributed by atoms with van der Waals surface area (Å²) < 4.78 is 54.0. The van der Waals surface area contributed by atoms with Crippen LogP contribution in [0.1, 0.15) is 5.01 Å². The van der Waals surface area contributed by atoms with Crippen LogP contribution in [0.15, 0.2) is 52.7 Å². The SMILES string of the molecule is Cc1nc(-c2ccccc2NS(=O)(=O)c2ccc(F)cc2F)cs1. The standard InChI is InChI=1S/C16H12F2N2O2S2/c1-10-19-15(9-23-10)12-4-2-3-5-14(12)20-24(21,22)16-7-6-11(17)8-13(16)18/h2-9,20H,1H3. The van der Waals surface area contributed by atoms with Crippen LogP contribution in [0, 0.1) is 18.6 Å². The van der Waals surface area contributed by atoms with Gasteiger partial charge in [0.05, 0.1) is 16.4 Å². The quantitative estimate of drug-likeness (QED) is 0.753. The van der Waals surface area contributed by atoms with Gasteiger partial charge in [-0.05, 0) is 25.1 Å². The van der Waals surface area contributed by atoms with Gasteiger partial charge in [-0.2, -0.15) is 0 Å². The van der Waals surface area contributed by atoms with Crippen LogP contribution in [0.5, 0.6) is 0 Å². The number of rotatable bonds is 4. The molecule has 1 aromatic heterocycles. The minimum atomic E-state index is -4.20. The van der Waals surface area contributed by atoms with E-state index >= 15 is 0 Å². The normalized spacial score (nSPS) is 11.5. The molecule has 2 aromatic carbocycles. The molecule has 24 heavy (non-hydrogen) atoms. The van der Waals surface area contributed by atoms with E-state index in [1.165, 1.54) is 11.3 Å². The highest BCUT2D eigenvalue weighted by atomic mass is 32.2. The highest BCUT2D eigenvalue weighted by Crippen LogP contribution is 2.30. The summed E-state index contributed by atoms with van der Waals surface area (Å²) in [6.45, 7) is 1.84. The van der Waals surface area contributed by atoms with Crippen LogP contribution >= 0.6 is 11.3 Å². The van der Waals surface area contributed by atoms with E-state index in [1.807, 2.05) is 6.92 Å². The van der Waals surface area contributed by atoms with Gasteiger partial charge in [-0.25, -0.2) is 22.2 Å². The Morgan fingerprint density at radius 1 is 1.12 bits per heavy atom. The number of halogens is 2. The molecule has 0 fully saturated rings. The van der Waals surface area contributed by atoms with Crippen molar-refractivity contribution < 1.29 is 17.2 Å². The van der Waals surface area contributed by atoms with E-state index in [0.717, 1.165) is 17.1 Å². The van der Waals surface area contributed by atoms with Crippen molar-refractivity contribution in [3.05, 3.63) is 64.5 Å². The Kier molecular flexibility index (Phi) is 4.33. The molecule has 0 aliphatic rings. The second-order valence-corrected chi connectivity index (χ2v) is 7.69. The molecule has 3 aromatic rings. The Labute approximate surface area is 141 Å². The van der Waals surface area contributed by atoms with Crippen LogP contribution in [-0.4, -0.2) is 13.4 Å². The zero-order chi connectivity index (χ0) is 17.3. The van der Waals surface area contributed by atoms with E-state index in [0.29, 0.717) is 17.3 Å². The fourth-order valence-corrected chi connectivity index (χ4v) is 3.93. The minimum Gasteiger partial charge on any atom is -0.279 e. The third-order valence-electron chi connectivity index (χ3n) is 3.25. The first-order valence-corrected chi connectivity index (χ1v) is 9.22. The van der Waals surface area contributed by atoms with Gasteiger partial charge in [0.15, 0.2) is 0 Å². The van der Waals surface area contributed by atoms with Crippen LogP contribution in [0.2, 0.25) is 0 Å². The maximum Gasteiger partial charge on any atom is 0.264 e. The monoisotopic (exact) mass is 366 g/mol. The lowest BCUT2D eigenvalue weighted by atomic mass is 10.1. The number of hydrogen-bond donors (Lipinski definition) is 1. The van der Waals surface area contributed by atoms with Gasteiger partial charge < -0.3 is 0 Å². The second-order valence-electron chi connectivity index (χ2n) is 4.98. The summed E-state index contributed by atoms with van der Waals surface area (Å²) in [7, 11) is -4.20. The molecule has 0 saturated heterocycles. The van der Waals surface area contributed by atoms with Gasteiger partial charge in [0, 0.05) is 17.0 Å². The number of aryl methyl sites for hydroxylation is 1. The summed E-state index contributed by atoms with van der Waals surface area (Å²) >= 11 is 1.44. The molecule has 0 amide bonds. The lowest BCUT2D eigenvalue weighted by Crippen LogP contribution is -2.15. The Hall–Kier alpha value is -2.32. The molecule has 3 rings (SSSR count). The van der Waals surface area contributed by atoms with Gasteiger partial charge >= 0.3 is 0 Å². The number of sulfonamides is 1. The molecule has 0 unspecified atom stereocenters. The van der Waals surface area contributed by atoms with E-state index in [4.69, 9.17) is 0 Å². The summed E-state index contributed by atoms with van der Waals surface area (Å²) in [6.07, 6.45) is 0. The number of nitrogens with zero attached hydrogens (tertiary/aromatic N) is 1. The summed E-state index contributed by atoms with van der Waals surface area (Å²) in [5.41, 5.74) is 1.47. The molecule has 124 valence electrons. The number of hydrogen-bond acceptors (Lipinski definition) is 4. The molecule has 0 aliphatic heterocycles. The largest absolute Gasteiger partial charge is 0.279 e. The van der Waals surface area contributed by atoms with E-state index in [9.17, 15) is 17.2 Å². The van der Waals surface area contributed by atoms with Crippen molar-refractivity contribution in [2.45, 2.75) is 11.8 Å². The predicted molar refractivity (Wildman–Crippen MR) is 89.5 cm³/mol. The van der Waals surface area contributed by atoms with Crippen molar-refractivity contribution in [3.8, 4) is 11.3 Å². The lowest BCUT2D eigenvalue weighted by Gasteiger charge is -2.12. The molecule has 0 spiro atoms. The number of benzene rings is 2.